The maximum absolute atomic E-state index is 10.4. The van der Waals surface area contributed by atoms with Crippen molar-refractivity contribution in [2.24, 2.45) is 0 Å². The minimum absolute atomic E-state index is 0. The molecule has 0 saturated carbocycles. The Morgan fingerprint density at radius 1 is 0.875 bits per heavy atom. The molecule has 0 radical (unpaired) electrons. The Kier molecular flexibility index (Phi) is 38.7. The van der Waals surface area contributed by atoms with E-state index >= 15 is 0 Å². The Morgan fingerprint density at radius 3 is 1.31 bits per heavy atom. The molecular formula is C7H10K2Li2O5. The summed E-state index contributed by atoms with van der Waals surface area (Å²) >= 11 is 0. The molecule has 0 unspecified atom stereocenters. The second-order valence-corrected chi connectivity index (χ2v) is 1.50. The molecule has 0 fully saturated rings. The molecule has 0 atom stereocenters. The van der Waals surface area contributed by atoms with Crippen LogP contribution in [0, 0.1) is 0 Å². The molecule has 0 aromatic carbocycles. The van der Waals surface area contributed by atoms with Crippen molar-refractivity contribution in [1.82, 2.24) is 0 Å². The molecule has 0 aliphatic heterocycles. The molecule has 0 spiro atoms. The van der Waals surface area contributed by atoms with Gasteiger partial charge in [-0.1, -0.05) is 13.2 Å². The Labute approximate surface area is 209 Å². The van der Waals surface area contributed by atoms with Crippen LogP contribution in [0.5, 0.6) is 0 Å². The van der Waals surface area contributed by atoms with E-state index in [9.17, 15) is 14.4 Å². The van der Waals surface area contributed by atoms with E-state index in [-0.39, 0.29) is 146 Å². The molecule has 0 aliphatic rings. The Bertz CT molecular complexity index is 248. The Balaban J connectivity index is -0.0000000216. The van der Waals surface area contributed by atoms with Gasteiger partial charge in [0.25, 0.3) is 0 Å². The zero-order valence-electron chi connectivity index (χ0n) is 14.1. The van der Waals surface area contributed by atoms with Gasteiger partial charge < -0.3 is 15.2 Å². The topological polar surface area (TPSA) is 69.7 Å². The van der Waals surface area contributed by atoms with E-state index in [1.807, 2.05) is 0 Å². The number of carbonyl (C=O) groups excluding carboxylic acids is 3. The smallest absolute Gasteiger partial charge is 1.00 e. The summed E-state index contributed by atoms with van der Waals surface area (Å²) in [5.41, 5.74) is 0. The van der Waals surface area contributed by atoms with Gasteiger partial charge in [-0.25, -0.2) is 14.4 Å². The van der Waals surface area contributed by atoms with Crippen molar-refractivity contribution >= 4 is 18.1 Å². The molecule has 5 nitrogen and oxygen atoms in total. The predicted octanol–water partition coefficient (Wildman–Crippen LogP) is -11.0. The molecule has 0 bridgehead atoms. The fourth-order valence-electron chi connectivity index (χ4n) is 0.268. The molecule has 0 aromatic heterocycles. The van der Waals surface area contributed by atoms with Gasteiger partial charge in [0.05, 0.1) is 0 Å². The van der Waals surface area contributed by atoms with Gasteiger partial charge in [0, 0.05) is 12.2 Å². The largest absolute Gasteiger partial charge is 1.00 e. The second-order valence-electron chi connectivity index (χ2n) is 1.50. The molecule has 16 heavy (non-hydrogen) atoms. The van der Waals surface area contributed by atoms with Crippen LogP contribution < -0.4 is 140 Å². The van der Waals surface area contributed by atoms with E-state index in [2.05, 4.69) is 22.6 Å². The molecule has 0 amide bonds. The van der Waals surface area contributed by atoms with Crippen molar-refractivity contribution in [2.45, 2.75) is 0 Å². The van der Waals surface area contributed by atoms with E-state index in [0.717, 1.165) is 12.2 Å². The van der Waals surface area contributed by atoms with Crippen LogP contribution in [0.2, 0.25) is 0 Å². The molecule has 0 rings (SSSR count). The van der Waals surface area contributed by atoms with Crippen LogP contribution in [0.25, 0.3) is 0 Å². The minimum atomic E-state index is -1.40. The first-order chi connectivity index (χ1) is 5.60. The zero-order chi connectivity index (χ0) is 9.56. The van der Waals surface area contributed by atoms with Gasteiger partial charge in [-0.2, -0.15) is 0 Å². The molecule has 0 aliphatic carbocycles. The van der Waals surface area contributed by atoms with Gasteiger partial charge in [-0.15, -0.1) is 0 Å². The molecule has 0 saturated heterocycles. The standard InChI is InChI=1S/C7H6O5.2K.2Li.4H/c1-3-5(8)11-7(10)12-6(9)4-2;;;;;;;;/h3-4H,1-2H2;;;;;;;;/q;4*+1;4*-1. The SMILES string of the molecule is C=CC(=O)OC(=O)OC(=O)C=C.[H-].[H-].[H-].[H-].[K+].[K+].[Li+].[Li+]. The summed E-state index contributed by atoms with van der Waals surface area (Å²) in [4.78, 5) is 31.0. The molecular weight excluding hydrogens is 256 g/mol. The summed E-state index contributed by atoms with van der Waals surface area (Å²) in [7, 11) is 0. The summed E-state index contributed by atoms with van der Waals surface area (Å²) < 4.78 is 7.77. The molecule has 9 heteroatoms. The van der Waals surface area contributed by atoms with Crippen LogP contribution in [0.15, 0.2) is 25.3 Å². The van der Waals surface area contributed by atoms with Crippen LogP contribution in [0.1, 0.15) is 5.71 Å². The first-order valence-electron chi connectivity index (χ1n) is 2.82. The summed E-state index contributed by atoms with van der Waals surface area (Å²) in [6.45, 7) is 6.05. The first-order valence-corrected chi connectivity index (χ1v) is 2.82. The number of carbonyl (C=O) groups is 3. The van der Waals surface area contributed by atoms with Crippen LogP contribution in [-0.2, 0) is 19.1 Å². The van der Waals surface area contributed by atoms with Crippen LogP contribution in [-0.4, -0.2) is 18.1 Å². The second kappa shape index (κ2) is 19.9. The monoisotopic (exact) mass is 266 g/mol. The Morgan fingerprint density at radius 2 is 1.12 bits per heavy atom. The van der Waals surface area contributed by atoms with Gasteiger partial charge >= 0.3 is 159 Å². The normalized spacial score (nSPS) is 6.00. The van der Waals surface area contributed by atoms with Gasteiger partial charge in [-0.3, -0.25) is 0 Å². The molecule has 0 N–H and O–H groups in total. The summed E-state index contributed by atoms with van der Waals surface area (Å²) in [6, 6.07) is 0. The minimum Gasteiger partial charge on any atom is -1.00 e. The maximum Gasteiger partial charge on any atom is 1.00 e. The van der Waals surface area contributed by atoms with Crippen molar-refractivity contribution < 1.29 is 170 Å². The quantitative estimate of drug-likeness (QED) is 0.215. The van der Waals surface area contributed by atoms with Crippen molar-refractivity contribution in [3.05, 3.63) is 25.3 Å². The Hall–Kier alpha value is 2.56. The number of hydrogen-bond acceptors (Lipinski definition) is 5. The third-order valence-electron chi connectivity index (χ3n) is 0.701. The van der Waals surface area contributed by atoms with E-state index in [4.69, 9.17) is 0 Å². The molecule has 72 valence electrons. The van der Waals surface area contributed by atoms with E-state index < -0.39 is 18.1 Å². The summed E-state index contributed by atoms with van der Waals surface area (Å²) in [6.07, 6.45) is 0.129. The van der Waals surface area contributed by atoms with Gasteiger partial charge in [0.15, 0.2) is 0 Å². The van der Waals surface area contributed by atoms with Crippen molar-refractivity contribution in [2.75, 3.05) is 0 Å². The summed E-state index contributed by atoms with van der Waals surface area (Å²) in [5.74, 6) is -1.98. The molecule has 0 aromatic rings. The van der Waals surface area contributed by atoms with Crippen LogP contribution in [0.4, 0.5) is 4.79 Å². The summed E-state index contributed by atoms with van der Waals surface area (Å²) in [5, 5.41) is 0. The van der Waals surface area contributed by atoms with Crippen LogP contribution in [0.3, 0.4) is 0 Å². The zero-order valence-corrected chi connectivity index (χ0v) is 16.4. The van der Waals surface area contributed by atoms with Crippen LogP contribution >= 0.6 is 0 Å². The number of hydrogen-bond donors (Lipinski definition) is 0. The maximum atomic E-state index is 10.4. The van der Waals surface area contributed by atoms with Crippen molar-refractivity contribution in [1.29, 1.82) is 0 Å². The van der Waals surface area contributed by atoms with Crippen molar-refractivity contribution in [3.8, 4) is 0 Å². The van der Waals surface area contributed by atoms with Crippen molar-refractivity contribution in [3.63, 3.8) is 0 Å². The molecule has 0 heterocycles. The fraction of sp³-hybridized carbons (Fsp3) is 0. The van der Waals surface area contributed by atoms with E-state index in [1.54, 1.807) is 0 Å². The van der Waals surface area contributed by atoms with Gasteiger partial charge in [0.2, 0.25) is 0 Å². The first kappa shape index (κ1) is 31.1. The average Bonchev–Trinajstić information content (AvgIpc) is 2.03. The number of rotatable bonds is 2. The number of esters is 2. The third kappa shape index (κ3) is 18.9. The van der Waals surface area contributed by atoms with E-state index in [0.29, 0.717) is 0 Å². The van der Waals surface area contributed by atoms with Gasteiger partial charge in [-0.05, 0) is 0 Å². The fourth-order valence-corrected chi connectivity index (χ4v) is 0.268. The third-order valence-corrected chi connectivity index (χ3v) is 0.701. The number of ether oxygens (including phenoxy) is 2. The van der Waals surface area contributed by atoms with Gasteiger partial charge in [0.1, 0.15) is 0 Å². The predicted molar refractivity (Wildman–Crippen MR) is 42.4 cm³/mol. The average molecular weight is 266 g/mol. The van der Waals surface area contributed by atoms with E-state index in [1.165, 1.54) is 0 Å².